The Balaban J connectivity index is 2.59. The van der Waals surface area contributed by atoms with Crippen molar-refractivity contribution in [2.75, 3.05) is 0 Å². The SMILES string of the molecule is O=Cc1cnn(-c2ccc([N+](=O)[O-])cc2[N+](=O)[O-])n1. The highest BCUT2D eigenvalue weighted by Crippen LogP contribution is 2.26. The molecule has 0 spiro atoms. The molecule has 19 heavy (non-hydrogen) atoms. The van der Waals surface area contributed by atoms with Crippen LogP contribution >= 0.6 is 0 Å². The van der Waals surface area contributed by atoms with Gasteiger partial charge in [0.2, 0.25) is 0 Å². The minimum atomic E-state index is -0.785. The lowest BCUT2D eigenvalue weighted by atomic mass is 10.2. The number of non-ortho nitro benzene ring substituents is 1. The van der Waals surface area contributed by atoms with Gasteiger partial charge in [0.15, 0.2) is 12.0 Å². The van der Waals surface area contributed by atoms with E-state index >= 15 is 0 Å². The van der Waals surface area contributed by atoms with Crippen LogP contribution in [-0.4, -0.2) is 31.1 Å². The quantitative estimate of drug-likeness (QED) is 0.454. The van der Waals surface area contributed by atoms with E-state index in [0.717, 1.165) is 29.2 Å². The molecule has 1 aromatic carbocycles. The van der Waals surface area contributed by atoms with E-state index in [-0.39, 0.29) is 11.4 Å². The molecular weight excluding hydrogens is 258 g/mol. The number of carbonyl (C=O) groups excluding carboxylic acids is 1. The van der Waals surface area contributed by atoms with Crippen LogP contribution in [0.25, 0.3) is 5.69 Å². The predicted molar refractivity (Wildman–Crippen MR) is 60.1 cm³/mol. The number of benzene rings is 1. The number of hydrogen-bond donors (Lipinski definition) is 0. The molecule has 0 amide bonds. The molecule has 10 heteroatoms. The van der Waals surface area contributed by atoms with Gasteiger partial charge in [0.25, 0.3) is 5.69 Å². The van der Waals surface area contributed by atoms with Crippen molar-refractivity contribution in [1.29, 1.82) is 0 Å². The number of carbonyl (C=O) groups is 1. The summed E-state index contributed by atoms with van der Waals surface area (Å²) in [6.45, 7) is 0. The zero-order valence-corrected chi connectivity index (χ0v) is 9.16. The summed E-state index contributed by atoms with van der Waals surface area (Å²) in [6, 6.07) is 3.04. The van der Waals surface area contributed by atoms with Crippen molar-refractivity contribution in [3.05, 3.63) is 50.3 Å². The topological polar surface area (TPSA) is 134 Å². The van der Waals surface area contributed by atoms with Crippen molar-refractivity contribution in [3.8, 4) is 5.69 Å². The van der Waals surface area contributed by atoms with Gasteiger partial charge in [-0.3, -0.25) is 25.0 Å². The highest BCUT2D eigenvalue weighted by molar-refractivity contribution is 5.70. The summed E-state index contributed by atoms with van der Waals surface area (Å²) in [7, 11) is 0. The largest absolute Gasteiger partial charge is 0.303 e. The zero-order chi connectivity index (χ0) is 14.0. The molecule has 1 aromatic heterocycles. The second-order valence-electron chi connectivity index (χ2n) is 3.36. The number of hydrogen-bond acceptors (Lipinski definition) is 7. The third-order valence-electron chi connectivity index (χ3n) is 2.21. The van der Waals surface area contributed by atoms with E-state index in [4.69, 9.17) is 0 Å². The number of nitrogens with zero attached hydrogens (tertiary/aromatic N) is 5. The Bertz CT molecular complexity index is 679. The lowest BCUT2D eigenvalue weighted by Gasteiger charge is -2.00. The molecular formula is C9H5N5O5. The number of aromatic nitrogens is 3. The number of nitro benzene ring substituents is 2. The van der Waals surface area contributed by atoms with Crippen molar-refractivity contribution < 1.29 is 14.6 Å². The van der Waals surface area contributed by atoms with Gasteiger partial charge >= 0.3 is 5.69 Å². The molecule has 2 rings (SSSR count). The van der Waals surface area contributed by atoms with E-state index in [1.807, 2.05) is 0 Å². The Kier molecular flexibility index (Phi) is 2.98. The first kappa shape index (κ1) is 12.3. The van der Waals surface area contributed by atoms with Crippen LogP contribution in [0.3, 0.4) is 0 Å². The fourth-order valence-corrected chi connectivity index (χ4v) is 1.39. The summed E-state index contributed by atoms with van der Waals surface area (Å²) < 4.78 is 0. The van der Waals surface area contributed by atoms with Gasteiger partial charge in [0, 0.05) is 6.07 Å². The zero-order valence-electron chi connectivity index (χ0n) is 9.16. The molecule has 0 radical (unpaired) electrons. The second kappa shape index (κ2) is 4.60. The van der Waals surface area contributed by atoms with Gasteiger partial charge in [-0.05, 0) is 6.07 Å². The van der Waals surface area contributed by atoms with E-state index < -0.39 is 21.2 Å². The van der Waals surface area contributed by atoms with Crippen LogP contribution in [0.2, 0.25) is 0 Å². The van der Waals surface area contributed by atoms with E-state index in [0.29, 0.717) is 6.29 Å². The Hall–Kier alpha value is -3.17. The van der Waals surface area contributed by atoms with Crippen LogP contribution in [0.1, 0.15) is 10.5 Å². The molecule has 0 bridgehead atoms. The van der Waals surface area contributed by atoms with Crippen LogP contribution < -0.4 is 0 Å². The monoisotopic (exact) mass is 263 g/mol. The van der Waals surface area contributed by atoms with Crippen molar-refractivity contribution in [3.63, 3.8) is 0 Å². The van der Waals surface area contributed by atoms with Gasteiger partial charge in [0.05, 0.1) is 22.1 Å². The Morgan fingerprint density at radius 3 is 2.47 bits per heavy atom. The minimum Gasteiger partial charge on any atom is -0.296 e. The molecule has 0 aliphatic carbocycles. The standard InChI is InChI=1S/C9H5N5O5/c15-5-6-4-10-12(11-6)8-2-1-7(13(16)17)3-9(8)14(18)19/h1-5H. The highest BCUT2D eigenvalue weighted by atomic mass is 16.6. The fourth-order valence-electron chi connectivity index (χ4n) is 1.39. The van der Waals surface area contributed by atoms with Gasteiger partial charge in [-0.1, -0.05) is 0 Å². The number of aldehydes is 1. The molecule has 0 unspecified atom stereocenters. The molecule has 0 aliphatic rings. The first-order valence-electron chi connectivity index (χ1n) is 4.83. The van der Waals surface area contributed by atoms with E-state index in [1.54, 1.807) is 0 Å². The minimum absolute atomic E-state index is 0.00680. The van der Waals surface area contributed by atoms with Gasteiger partial charge < -0.3 is 0 Å². The van der Waals surface area contributed by atoms with Crippen LogP contribution in [0, 0.1) is 20.2 Å². The molecule has 96 valence electrons. The lowest BCUT2D eigenvalue weighted by Crippen LogP contribution is -2.04. The first-order chi connectivity index (χ1) is 9.02. The van der Waals surface area contributed by atoms with Crippen molar-refractivity contribution in [2.45, 2.75) is 0 Å². The molecule has 0 atom stereocenters. The first-order valence-corrected chi connectivity index (χ1v) is 4.83. The molecule has 1 heterocycles. The maximum absolute atomic E-state index is 10.9. The van der Waals surface area contributed by atoms with Crippen LogP contribution in [0.15, 0.2) is 24.4 Å². The molecule has 2 aromatic rings. The summed E-state index contributed by atoms with van der Waals surface area (Å²) >= 11 is 0. The van der Waals surface area contributed by atoms with Crippen molar-refractivity contribution in [2.24, 2.45) is 0 Å². The molecule has 0 saturated heterocycles. The fraction of sp³-hybridized carbons (Fsp3) is 0. The molecule has 0 aliphatic heterocycles. The van der Waals surface area contributed by atoms with Gasteiger partial charge in [-0.2, -0.15) is 5.10 Å². The Morgan fingerprint density at radius 2 is 1.95 bits per heavy atom. The Labute approximate surface area is 104 Å². The Morgan fingerprint density at radius 1 is 1.21 bits per heavy atom. The number of rotatable bonds is 4. The molecule has 0 fully saturated rings. The highest BCUT2D eigenvalue weighted by Gasteiger charge is 2.21. The lowest BCUT2D eigenvalue weighted by molar-refractivity contribution is -0.394. The third kappa shape index (κ3) is 2.26. The van der Waals surface area contributed by atoms with E-state index in [9.17, 15) is 25.0 Å². The third-order valence-corrected chi connectivity index (χ3v) is 2.21. The predicted octanol–water partition coefficient (Wildman–Crippen LogP) is 0.896. The molecule has 0 saturated carbocycles. The van der Waals surface area contributed by atoms with Gasteiger partial charge in [-0.15, -0.1) is 9.90 Å². The maximum Gasteiger partial charge on any atom is 0.303 e. The number of nitro groups is 2. The normalized spacial score (nSPS) is 10.1. The van der Waals surface area contributed by atoms with Gasteiger partial charge in [-0.25, -0.2) is 0 Å². The summed E-state index contributed by atoms with van der Waals surface area (Å²) in [5.74, 6) is 0. The van der Waals surface area contributed by atoms with Crippen LogP contribution in [-0.2, 0) is 0 Å². The van der Waals surface area contributed by atoms with E-state index in [2.05, 4.69) is 10.2 Å². The maximum atomic E-state index is 10.9. The summed E-state index contributed by atoms with van der Waals surface area (Å²) in [6.07, 6.45) is 1.55. The van der Waals surface area contributed by atoms with Crippen LogP contribution in [0.5, 0.6) is 0 Å². The smallest absolute Gasteiger partial charge is 0.296 e. The van der Waals surface area contributed by atoms with Gasteiger partial charge in [0.1, 0.15) is 5.69 Å². The average molecular weight is 263 g/mol. The molecule has 10 nitrogen and oxygen atoms in total. The van der Waals surface area contributed by atoms with Crippen molar-refractivity contribution in [1.82, 2.24) is 15.0 Å². The summed E-state index contributed by atoms with van der Waals surface area (Å²) in [4.78, 5) is 31.3. The summed E-state index contributed by atoms with van der Waals surface area (Å²) in [5, 5.41) is 28.8. The average Bonchev–Trinajstić information content (AvgIpc) is 2.86. The second-order valence-corrected chi connectivity index (χ2v) is 3.36. The van der Waals surface area contributed by atoms with E-state index in [1.165, 1.54) is 0 Å². The molecule has 0 N–H and O–H groups in total. The summed E-state index contributed by atoms with van der Waals surface area (Å²) in [5.41, 5.74) is -1.02. The van der Waals surface area contributed by atoms with Crippen LogP contribution in [0.4, 0.5) is 11.4 Å². The van der Waals surface area contributed by atoms with Crippen molar-refractivity contribution >= 4 is 17.7 Å².